The Morgan fingerprint density at radius 3 is 2.59 bits per heavy atom. The molecule has 0 amide bonds. The lowest BCUT2D eigenvalue weighted by atomic mass is 9.80. The van der Waals surface area contributed by atoms with E-state index >= 15 is 0 Å². The zero-order valence-corrected chi connectivity index (χ0v) is 13.2. The van der Waals surface area contributed by atoms with Crippen molar-refractivity contribution in [1.29, 1.82) is 0 Å². The van der Waals surface area contributed by atoms with Crippen LogP contribution in [0, 0.1) is 5.92 Å². The molecule has 1 aliphatic rings. The Hall–Kier alpha value is -1.89. The molecule has 1 fully saturated rings. The lowest BCUT2D eigenvalue weighted by Crippen LogP contribution is -2.42. The SMILES string of the molecule is Cn1cnc2c1c(=O)n(C[C@H]1CC[C@](C)(O)CC1)c(=O)n2C. The summed E-state index contributed by atoms with van der Waals surface area (Å²) < 4.78 is 4.39. The Morgan fingerprint density at radius 1 is 1.32 bits per heavy atom. The van der Waals surface area contributed by atoms with Crippen LogP contribution >= 0.6 is 0 Å². The molecule has 3 rings (SSSR count). The molecular formula is C15H22N4O3. The summed E-state index contributed by atoms with van der Waals surface area (Å²) in [6.45, 7) is 2.25. The summed E-state index contributed by atoms with van der Waals surface area (Å²) >= 11 is 0. The number of aryl methyl sites for hydroxylation is 2. The van der Waals surface area contributed by atoms with Crippen molar-refractivity contribution >= 4 is 11.2 Å². The highest BCUT2D eigenvalue weighted by Gasteiger charge is 2.29. The van der Waals surface area contributed by atoms with E-state index in [9.17, 15) is 14.7 Å². The molecule has 120 valence electrons. The topological polar surface area (TPSA) is 82.1 Å². The van der Waals surface area contributed by atoms with Crippen LogP contribution in [0.25, 0.3) is 11.2 Å². The molecule has 0 atom stereocenters. The number of hydrogen-bond donors (Lipinski definition) is 1. The van der Waals surface area contributed by atoms with Gasteiger partial charge in [-0.25, -0.2) is 9.78 Å². The van der Waals surface area contributed by atoms with Gasteiger partial charge in [0.15, 0.2) is 11.2 Å². The second-order valence-electron chi connectivity index (χ2n) is 6.73. The van der Waals surface area contributed by atoms with E-state index in [4.69, 9.17) is 0 Å². The summed E-state index contributed by atoms with van der Waals surface area (Å²) in [5, 5.41) is 10.0. The molecule has 22 heavy (non-hydrogen) atoms. The number of rotatable bonds is 2. The fourth-order valence-corrected chi connectivity index (χ4v) is 3.30. The first-order valence-electron chi connectivity index (χ1n) is 7.63. The van der Waals surface area contributed by atoms with Crippen LogP contribution in [0.2, 0.25) is 0 Å². The van der Waals surface area contributed by atoms with Crippen molar-refractivity contribution in [1.82, 2.24) is 18.7 Å². The molecule has 2 aromatic heterocycles. The van der Waals surface area contributed by atoms with Crippen LogP contribution in [-0.4, -0.2) is 29.4 Å². The van der Waals surface area contributed by atoms with Crippen molar-refractivity contribution in [2.75, 3.05) is 0 Å². The number of imidazole rings is 1. The first kappa shape index (κ1) is 15.0. The van der Waals surface area contributed by atoms with Gasteiger partial charge < -0.3 is 9.67 Å². The zero-order valence-electron chi connectivity index (χ0n) is 13.2. The van der Waals surface area contributed by atoms with Crippen molar-refractivity contribution in [3.05, 3.63) is 27.2 Å². The minimum Gasteiger partial charge on any atom is -0.390 e. The average molecular weight is 306 g/mol. The molecule has 2 aromatic rings. The van der Waals surface area contributed by atoms with E-state index in [1.807, 2.05) is 6.92 Å². The lowest BCUT2D eigenvalue weighted by molar-refractivity contribution is 0.00550. The second-order valence-corrected chi connectivity index (χ2v) is 6.73. The molecule has 0 aromatic carbocycles. The van der Waals surface area contributed by atoms with Crippen molar-refractivity contribution < 1.29 is 5.11 Å². The molecule has 0 radical (unpaired) electrons. The van der Waals surface area contributed by atoms with Gasteiger partial charge in [0.1, 0.15) is 0 Å². The third-order valence-corrected chi connectivity index (χ3v) is 4.82. The van der Waals surface area contributed by atoms with E-state index in [1.54, 1.807) is 25.0 Å². The molecule has 1 saturated carbocycles. The summed E-state index contributed by atoms with van der Waals surface area (Å²) in [6, 6.07) is 0. The summed E-state index contributed by atoms with van der Waals surface area (Å²) in [6.07, 6.45) is 4.62. The Bertz CT molecular complexity index is 818. The van der Waals surface area contributed by atoms with Gasteiger partial charge in [-0.2, -0.15) is 0 Å². The number of aliphatic hydroxyl groups is 1. The average Bonchev–Trinajstić information content (AvgIpc) is 2.85. The second kappa shape index (κ2) is 5.08. The van der Waals surface area contributed by atoms with Crippen molar-refractivity contribution in [3.63, 3.8) is 0 Å². The third kappa shape index (κ3) is 2.39. The van der Waals surface area contributed by atoms with E-state index in [2.05, 4.69) is 4.98 Å². The fourth-order valence-electron chi connectivity index (χ4n) is 3.30. The molecule has 1 aliphatic carbocycles. The van der Waals surface area contributed by atoms with E-state index in [0.717, 1.165) is 12.8 Å². The van der Waals surface area contributed by atoms with Gasteiger partial charge in [-0.1, -0.05) is 0 Å². The van der Waals surface area contributed by atoms with Gasteiger partial charge in [-0.15, -0.1) is 0 Å². The van der Waals surface area contributed by atoms with Gasteiger partial charge in [0, 0.05) is 20.6 Å². The minimum atomic E-state index is -0.613. The molecule has 7 nitrogen and oxygen atoms in total. The summed E-state index contributed by atoms with van der Waals surface area (Å²) in [7, 11) is 3.39. The molecule has 0 aliphatic heterocycles. The summed E-state index contributed by atoms with van der Waals surface area (Å²) in [5.41, 5.74) is -0.354. The number of hydrogen-bond acceptors (Lipinski definition) is 4. The van der Waals surface area contributed by atoms with E-state index in [0.29, 0.717) is 30.6 Å². The quantitative estimate of drug-likeness (QED) is 0.869. The van der Waals surface area contributed by atoms with Crippen molar-refractivity contribution in [3.8, 4) is 0 Å². The Labute approximate surface area is 127 Å². The highest BCUT2D eigenvalue weighted by Crippen LogP contribution is 2.32. The number of fused-ring (bicyclic) bond motifs is 1. The Morgan fingerprint density at radius 2 is 1.95 bits per heavy atom. The molecule has 0 saturated heterocycles. The highest BCUT2D eigenvalue weighted by atomic mass is 16.3. The van der Waals surface area contributed by atoms with E-state index in [1.165, 1.54) is 9.13 Å². The van der Waals surface area contributed by atoms with Crippen molar-refractivity contribution in [2.24, 2.45) is 20.0 Å². The van der Waals surface area contributed by atoms with E-state index in [-0.39, 0.29) is 17.2 Å². The lowest BCUT2D eigenvalue weighted by Gasteiger charge is -2.33. The predicted octanol–water partition coefficient (Wildman–Crippen LogP) is 0.375. The van der Waals surface area contributed by atoms with Gasteiger partial charge in [0.05, 0.1) is 11.9 Å². The van der Waals surface area contributed by atoms with Crippen LogP contribution in [0.15, 0.2) is 15.9 Å². The van der Waals surface area contributed by atoms with Gasteiger partial charge in [0.25, 0.3) is 5.56 Å². The van der Waals surface area contributed by atoms with Crippen LogP contribution in [0.1, 0.15) is 32.6 Å². The van der Waals surface area contributed by atoms with Gasteiger partial charge >= 0.3 is 5.69 Å². The first-order valence-corrected chi connectivity index (χ1v) is 7.63. The van der Waals surface area contributed by atoms with Crippen LogP contribution < -0.4 is 11.2 Å². The monoisotopic (exact) mass is 306 g/mol. The van der Waals surface area contributed by atoms with Crippen LogP contribution in [0.5, 0.6) is 0 Å². The Balaban J connectivity index is 2.00. The standard InChI is InChI=1S/C15H22N4O3/c1-15(22)6-4-10(5-7-15)8-19-13(20)11-12(16-9-17(11)2)18(3)14(19)21/h9-10,22H,4-8H2,1-3H3/t10-,15-. The first-order chi connectivity index (χ1) is 10.3. The fraction of sp³-hybridized carbons (Fsp3) is 0.667. The Kier molecular flexibility index (Phi) is 3.47. The normalized spacial score (nSPS) is 25.7. The van der Waals surface area contributed by atoms with Crippen LogP contribution in [-0.2, 0) is 20.6 Å². The summed E-state index contributed by atoms with van der Waals surface area (Å²) in [5.74, 6) is 0.247. The minimum absolute atomic E-state index is 0.247. The van der Waals surface area contributed by atoms with Gasteiger partial charge in [0.2, 0.25) is 0 Å². The maximum atomic E-state index is 12.6. The number of aromatic nitrogens is 4. The third-order valence-electron chi connectivity index (χ3n) is 4.82. The maximum Gasteiger partial charge on any atom is 0.332 e. The molecule has 0 spiro atoms. The highest BCUT2D eigenvalue weighted by molar-refractivity contribution is 5.69. The van der Waals surface area contributed by atoms with E-state index < -0.39 is 5.60 Å². The molecule has 0 unspecified atom stereocenters. The van der Waals surface area contributed by atoms with Crippen LogP contribution in [0.4, 0.5) is 0 Å². The molecular weight excluding hydrogens is 284 g/mol. The van der Waals surface area contributed by atoms with Crippen LogP contribution in [0.3, 0.4) is 0 Å². The van der Waals surface area contributed by atoms with Gasteiger partial charge in [-0.05, 0) is 38.5 Å². The predicted molar refractivity (Wildman–Crippen MR) is 82.8 cm³/mol. The molecule has 7 heteroatoms. The van der Waals surface area contributed by atoms with Gasteiger partial charge in [-0.3, -0.25) is 13.9 Å². The smallest absolute Gasteiger partial charge is 0.332 e. The zero-order chi connectivity index (χ0) is 16.1. The summed E-state index contributed by atoms with van der Waals surface area (Å²) in [4.78, 5) is 29.2. The largest absolute Gasteiger partial charge is 0.390 e. The molecule has 1 N–H and O–H groups in total. The molecule has 2 heterocycles. The maximum absolute atomic E-state index is 12.6. The van der Waals surface area contributed by atoms with Crippen molar-refractivity contribution in [2.45, 2.75) is 44.8 Å². The number of nitrogens with zero attached hydrogens (tertiary/aromatic N) is 4. The molecule has 0 bridgehead atoms.